The molecule has 316 valence electrons. The number of halogens is 2. The monoisotopic (exact) mass is 831 g/mol. The molecular formula is C45H47F2N9O5. The highest BCUT2D eigenvalue weighted by Crippen LogP contribution is 2.31. The second-order valence-electron chi connectivity index (χ2n) is 15.9. The Balaban J connectivity index is 0.822. The number of para-hydroxylation sites is 1. The van der Waals surface area contributed by atoms with E-state index in [1.165, 1.54) is 12.1 Å². The Hall–Kier alpha value is -6.39. The first-order valence-corrected chi connectivity index (χ1v) is 20.8. The predicted octanol–water partition coefficient (Wildman–Crippen LogP) is 6.19. The molecule has 4 N–H and O–H groups in total. The Morgan fingerprint density at radius 3 is 2.54 bits per heavy atom. The predicted molar refractivity (Wildman–Crippen MR) is 227 cm³/mol. The molecule has 0 saturated carbocycles. The van der Waals surface area contributed by atoms with Crippen LogP contribution in [0.2, 0.25) is 0 Å². The number of piperazine rings is 1. The van der Waals surface area contributed by atoms with Gasteiger partial charge in [0.1, 0.15) is 28.9 Å². The van der Waals surface area contributed by atoms with Crippen LogP contribution in [-0.4, -0.2) is 101 Å². The Morgan fingerprint density at radius 2 is 1.74 bits per heavy atom. The molecule has 6 aromatic rings. The van der Waals surface area contributed by atoms with E-state index >= 15 is 0 Å². The molecule has 61 heavy (non-hydrogen) atoms. The van der Waals surface area contributed by atoms with Crippen molar-refractivity contribution in [2.45, 2.75) is 50.6 Å². The molecule has 16 heteroatoms. The van der Waals surface area contributed by atoms with Crippen molar-refractivity contribution < 1.29 is 32.6 Å². The van der Waals surface area contributed by atoms with E-state index in [1.807, 2.05) is 53.1 Å². The summed E-state index contributed by atoms with van der Waals surface area (Å²) in [5, 5.41) is 17.1. The van der Waals surface area contributed by atoms with Crippen molar-refractivity contribution in [1.82, 2.24) is 30.0 Å². The van der Waals surface area contributed by atoms with Crippen molar-refractivity contribution in [2.75, 3.05) is 68.1 Å². The van der Waals surface area contributed by atoms with Crippen molar-refractivity contribution in [3.8, 4) is 5.75 Å². The SMILES string of the molecule is O=C1CCC(n2cnc3c(OCCCN4CCN(c5ccc(C(=O)Nc6n[nH]c7ccc(Cc8cc(F)cc(F)c8)cc67)c(NC6CCOCC6)c5)CC4)cccc32)C(=O)N1. The summed E-state index contributed by atoms with van der Waals surface area (Å²) in [5.41, 5.74) is 5.80. The number of piperidine rings is 1. The van der Waals surface area contributed by atoms with E-state index in [9.17, 15) is 23.2 Å². The van der Waals surface area contributed by atoms with Crippen LogP contribution < -0.4 is 25.6 Å². The van der Waals surface area contributed by atoms with E-state index in [-0.39, 0.29) is 23.8 Å². The minimum Gasteiger partial charge on any atom is -0.491 e. The molecule has 4 aromatic carbocycles. The van der Waals surface area contributed by atoms with Crippen LogP contribution in [0.3, 0.4) is 0 Å². The van der Waals surface area contributed by atoms with E-state index in [0.29, 0.717) is 72.7 Å². The molecule has 0 bridgehead atoms. The number of rotatable bonds is 13. The lowest BCUT2D eigenvalue weighted by Gasteiger charge is -2.36. The van der Waals surface area contributed by atoms with Crippen molar-refractivity contribution >= 4 is 56.9 Å². The maximum absolute atomic E-state index is 14.0. The summed E-state index contributed by atoms with van der Waals surface area (Å²) in [5.74, 6) is -1.09. The number of carbonyl (C=O) groups is 3. The molecule has 0 aliphatic carbocycles. The second kappa shape index (κ2) is 17.7. The topological polar surface area (TPSA) is 159 Å². The molecule has 0 radical (unpaired) electrons. The van der Waals surface area contributed by atoms with E-state index in [2.05, 4.69) is 47.0 Å². The summed E-state index contributed by atoms with van der Waals surface area (Å²) in [4.78, 5) is 47.5. The third-order valence-electron chi connectivity index (χ3n) is 11.7. The van der Waals surface area contributed by atoms with Gasteiger partial charge in [0.15, 0.2) is 5.82 Å². The Bertz CT molecular complexity index is 2560. The molecular weight excluding hydrogens is 785 g/mol. The largest absolute Gasteiger partial charge is 0.491 e. The van der Waals surface area contributed by atoms with Crippen LogP contribution >= 0.6 is 0 Å². The number of fused-ring (bicyclic) bond motifs is 2. The van der Waals surface area contributed by atoms with Crippen LogP contribution in [-0.2, 0) is 20.7 Å². The lowest BCUT2D eigenvalue weighted by molar-refractivity contribution is -0.135. The van der Waals surface area contributed by atoms with E-state index in [1.54, 1.807) is 6.33 Å². The van der Waals surface area contributed by atoms with Crippen LogP contribution in [0.25, 0.3) is 21.9 Å². The summed E-state index contributed by atoms with van der Waals surface area (Å²) < 4.78 is 41.4. The number of aromatic amines is 1. The maximum atomic E-state index is 14.0. The second-order valence-corrected chi connectivity index (χ2v) is 15.9. The molecule has 14 nitrogen and oxygen atoms in total. The minimum atomic E-state index is -0.628. The average Bonchev–Trinajstić information content (AvgIpc) is 3.87. The molecule has 1 unspecified atom stereocenters. The standard InChI is InChI=1S/C45H47F2N9O5/c46-30-22-29(23-31(47)25-30)21-28-5-8-36-35(24-28)43(53-52-36)51-44(58)34-7-6-33(26-37(34)49-32-11-19-60-20-12-32)55-16-14-54(15-17-55)13-2-18-61-40-4-1-3-38-42(40)48-27-56(38)39-9-10-41(57)50-45(39)59/h1,3-8,22-27,32,39,49H,2,9-21H2,(H,50,57,59)(H2,51,52,53,58). The number of ether oxygens (including phenoxy) is 2. The van der Waals surface area contributed by atoms with E-state index < -0.39 is 17.7 Å². The van der Waals surface area contributed by atoms with Gasteiger partial charge in [-0.2, -0.15) is 5.10 Å². The number of hydrogen-bond acceptors (Lipinski definition) is 10. The molecule has 0 spiro atoms. The number of aromatic nitrogens is 4. The van der Waals surface area contributed by atoms with Gasteiger partial charge in [0.05, 0.1) is 29.5 Å². The Morgan fingerprint density at radius 1 is 0.918 bits per heavy atom. The van der Waals surface area contributed by atoms with Gasteiger partial charge in [-0.15, -0.1) is 0 Å². The van der Waals surface area contributed by atoms with Gasteiger partial charge in [-0.3, -0.25) is 29.7 Å². The third-order valence-corrected chi connectivity index (χ3v) is 11.7. The highest BCUT2D eigenvalue weighted by molar-refractivity contribution is 6.11. The number of imide groups is 1. The highest BCUT2D eigenvalue weighted by atomic mass is 19.1. The van der Waals surface area contributed by atoms with Gasteiger partial charge in [0.2, 0.25) is 11.8 Å². The molecule has 3 amide bonds. The fourth-order valence-corrected chi connectivity index (χ4v) is 8.54. The fraction of sp³-hybridized carbons (Fsp3) is 0.356. The number of anilines is 3. The fourth-order valence-electron chi connectivity index (χ4n) is 8.54. The number of H-pyrrole nitrogens is 1. The molecule has 1 atom stereocenters. The van der Waals surface area contributed by atoms with Gasteiger partial charge in [0.25, 0.3) is 5.91 Å². The van der Waals surface area contributed by atoms with Crippen LogP contribution in [0.15, 0.2) is 79.1 Å². The molecule has 3 aliphatic heterocycles. The van der Waals surface area contributed by atoms with Gasteiger partial charge in [-0.1, -0.05) is 12.1 Å². The van der Waals surface area contributed by atoms with Gasteiger partial charge in [0, 0.05) is 81.2 Å². The summed E-state index contributed by atoms with van der Waals surface area (Å²) >= 11 is 0. The summed E-state index contributed by atoms with van der Waals surface area (Å²) in [6, 6.07) is 20.4. The lowest BCUT2D eigenvalue weighted by Crippen LogP contribution is -2.46. The average molecular weight is 832 g/mol. The summed E-state index contributed by atoms with van der Waals surface area (Å²) in [6.45, 7) is 6.09. The zero-order chi connectivity index (χ0) is 41.9. The summed E-state index contributed by atoms with van der Waals surface area (Å²) in [6.07, 6.45) is 5.18. The molecule has 3 aliphatic rings. The van der Waals surface area contributed by atoms with Crippen LogP contribution in [0.5, 0.6) is 5.75 Å². The van der Waals surface area contributed by atoms with Crippen molar-refractivity contribution in [3.05, 3.63) is 107 Å². The maximum Gasteiger partial charge on any atom is 0.258 e. The van der Waals surface area contributed by atoms with E-state index in [0.717, 1.165) is 86.0 Å². The van der Waals surface area contributed by atoms with Gasteiger partial charge in [-0.05, 0) is 97.8 Å². The van der Waals surface area contributed by atoms with Crippen molar-refractivity contribution in [2.24, 2.45) is 0 Å². The Kier molecular flexibility index (Phi) is 11.6. The smallest absolute Gasteiger partial charge is 0.258 e. The quantitative estimate of drug-likeness (QED) is 0.0781. The first-order chi connectivity index (χ1) is 29.7. The third kappa shape index (κ3) is 9.05. The van der Waals surface area contributed by atoms with Gasteiger partial charge in [-0.25, -0.2) is 13.8 Å². The number of nitrogens with zero attached hydrogens (tertiary/aromatic N) is 5. The summed E-state index contributed by atoms with van der Waals surface area (Å²) in [7, 11) is 0. The Labute approximate surface area is 350 Å². The number of benzene rings is 4. The van der Waals surface area contributed by atoms with Gasteiger partial charge >= 0.3 is 0 Å². The first kappa shape index (κ1) is 40.0. The van der Waals surface area contributed by atoms with Gasteiger partial charge < -0.3 is 29.6 Å². The molecule has 9 rings (SSSR count). The van der Waals surface area contributed by atoms with E-state index in [4.69, 9.17) is 9.47 Å². The highest BCUT2D eigenvalue weighted by Gasteiger charge is 2.29. The number of imidazole rings is 1. The minimum absolute atomic E-state index is 0.157. The number of nitrogens with one attached hydrogen (secondary N) is 4. The first-order valence-electron chi connectivity index (χ1n) is 20.8. The zero-order valence-corrected chi connectivity index (χ0v) is 33.6. The van der Waals surface area contributed by atoms with Crippen molar-refractivity contribution in [1.29, 1.82) is 0 Å². The molecule has 3 saturated heterocycles. The number of carbonyl (C=O) groups excluding carboxylic acids is 3. The van der Waals surface area contributed by atoms with Crippen molar-refractivity contribution in [3.63, 3.8) is 0 Å². The molecule has 2 aromatic heterocycles. The zero-order valence-electron chi connectivity index (χ0n) is 33.6. The normalized spacial score (nSPS) is 17.8. The number of hydrogen-bond donors (Lipinski definition) is 4. The molecule has 3 fully saturated rings. The number of amides is 3. The van der Waals surface area contributed by atoms with Crippen LogP contribution in [0.4, 0.5) is 26.0 Å². The molecule has 5 heterocycles. The van der Waals surface area contributed by atoms with Crippen LogP contribution in [0, 0.1) is 11.6 Å². The van der Waals surface area contributed by atoms with Crippen LogP contribution in [0.1, 0.15) is 59.6 Å². The lowest BCUT2D eigenvalue weighted by atomic mass is 10.0.